The summed E-state index contributed by atoms with van der Waals surface area (Å²) in [7, 11) is 0. The van der Waals surface area contributed by atoms with Gasteiger partial charge < -0.3 is 5.73 Å². The first-order valence-electron chi connectivity index (χ1n) is 4.63. The standard InChI is InChI=1S/C11H14F3N.ClH/c1-11(2,3)10(15)9-7(13)4-6(12)5-8(9)14;/h4-5,10H,15H2,1-3H3;1H/t10-;/m1./s1. The lowest BCUT2D eigenvalue weighted by molar-refractivity contribution is 0.309. The van der Waals surface area contributed by atoms with E-state index in [1.807, 2.05) is 0 Å². The van der Waals surface area contributed by atoms with Gasteiger partial charge in [0.15, 0.2) is 0 Å². The fourth-order valence-electron chi connectivity index (χ4n) is 1.28. The maximum Gasteiger partial charge on any atom is 0.133 e. The summed E-state index contributed by atoms with van der Waals surface area (Å²) >= 11 is 0. The van der Waals surface area contributed by atoms with Gasteiger partial charge in [-0.2, -0.15) is 0 Å². The van der Waals surface area contributed by atoms with E-state index in [0.717, 1.165) is 0 Å². The van der Waals surface area contributed by atoms with Crippen molar-refractivity contribution in [2.24, 2.45) is 11.1 Å². The monoisotopic (exact) mass is 253 g/mol. The zero-order chi connectivity index (χ0) is 11.8. The molecule has 92 valence electrons. The van der Waals surface area contributed by atoms with Crippen LogP contribution < -0.4 is 5.73 Å². The predicted molar refractivity (Wildman–Crippen MR) is 59.9 cm³/mol. The van der Waals surface area contributed by atoms with Gasteiger partial charge in [0.2, 0.25) is 0 Å². The maximum atomic E-state index is 13.3. The van der Waals surface area contributed by atoms with Gasteiger partial charge in [-0.1, -0.05) is 20.8 Å². The van der Waals surface area contributed by atoms with Crippen LogP contribution in [0.5, 0.6) is 0 Å². The topological polar surface area (TPSA) is 26.0 Å². The molecule has 0 aliphatic heterocycles. The summed E-state index contributed by atoms with van der Waals surface area (Å²) in [6, 6.07) is 0.478. The van der Waals surface area contributed by atoms with Gasteiger partial charge in [0.1, 0.15) is 17.5 Å². The SMILES string of the molecule is CC(C)(C)[C@H](N)c1c(F)cc(F)cc1F.Cl. The van der Waals surface area contributed by atoms with Crippen molar-refractivity contribution in [2.45, 2.75) is 26.8 Å². The van der Waals surface area contributed by atoms with Crippen molar-refractivity contribution < 1.29 is 13.2 Å². The van der Waals surface area contributed by atoms with Gasteiger partial charge in [0, 0.05) is 23.7 Å². The van der Waals surface area contributed by atoms with Gasteiger partial charge in [-0.15, -0.1) is 12.4 Å². The molecule has 0 spiro atoms. The molecule has 0 heterocycles. The molecular weight excluding hydrogens is 239 g/mol. The van der Waals surface area contributed by atoms with Crippen molar-refractivity contribution in [1.29, 1.82) is 0 Å². The van der Waals surface area contributed by atoms with Gasteiger partial charge in [0.25, 0.3) is 0 Å². The van der Waals surface area contributed by atoms with Crippen molar-refractivity contribution in [3.63, 3.8) is 0 Å². The van der Waals surface area contributed by atoms with E-state index in [2.05, 4.69) is 0 Å². The number of hydrogen-bond acceptors (Lipinski definition) is 1. The Morgan fingerprint density at radius 2 is 1.44 bits per heavy atom. The number of hydrogen-bond donors (Lipinski definition) is 1. The Labute approximate surface area is 99.2 Å². The minimum atomic E-state index is -0.935. The molecule has 0 saturated carbocycles. The molecule has 1 aromatic carbocycles. The van der Waals surface area contributed by atoms with Gasteiger partial charge in [-0.05, 0) is 5.41 Å². The molecule has 0 unspecified atom stereocenters. The Kier molecular flexibility index (Phi) is 4.83. The van der Waals surface area contributed by atoms with E-state index in [9.17, 15) is 13.2 Å². The first kappa shape index (κ1) is 15.3. The Bertz CT molecular complexity index is 351. The van der Waals surface area contributed by atoms with Crippen LogP contribution in [0, 0.1) is 22.9 Å². The normalized spacial score (nSPS) is 13.2. The Balaban J connectivity index is 0.00000225. The highest BCUT2D eigenvalue weighted by atomic mass is 35.5. The molecule has 5 heteroatoms. The van der Waals surface area contributed by atoms with Crippen LogP contribution in [-0.4, -0.2) is 0 Å². The molecule has 1 atom stereocenters. The van der Waals surface area contributed by atoms with E-state index >= 15 is 0 Å². The molecule has 0 bridgehead atoms. The van der Waals surface area contributed by atoms with Crippen LogP contribution in [0.15, 0.2) is 12.1 Å². The molecule has 0 aliphatic carbocycles. The summed E-state index contributed by atoms with van der Waals surface area (Å²) < 4.78 is 39.3. The van der Waals surface area contributed by atoms with Crippen molar-refractivity contribution in [1.82, 2.24) is 0 Å². The van der Waals surface area contributed by atoms with E-state index in [0.29, 0.717) is 12.1 Å². The van der Waals surface area contributed by atoms with Crippen LogP contribution in [0.25, 0.3) is 0 Å². The Hall–Kier alpha value is -0.740. The van der Waals surface area contributed by atoms with Crippen LogP contribution in [-0.2, 0) is 0 Å². The largest absolute Gasteiger partial charge is 0.323 e. The molecule has 0 fully saturated rings. The van der Waals surface area contributed by atoms with Crippen LogP contribution in [0.2, 0.25) is 0 Å². The highest BCUT2D eigenvalue weighted by Crippen LogP contribution is 2.33. The molecule has 1 rings (SSSR count). The third-order valence-corrected chi connectivity index (χ3v) is 2.29. The van der Waals surface area contributed by atoms with Crippen LogP contribution in [0.4, 0.5) is 13.2 Å². The summed E-state index contributed by atoms with van der Waals surface area (Å²) in [6.45, 7) is 5.29. The van der Waals surface area contributed by atoms with E-state index in [-0.39, 0.29) is 18.0 Å². The highest BCUT2D eigenvalue weighted by molar-refractivity contribution is 5.85. The molecule has 2 N–H and O–H groups in total. The highest BCUT2D eigenvalue weighted by Gasteiger charge is 2.28. The van der Waals surface area contributed by atoms with Crippen molar-refractivity contribution >= 4 is 12.4 Å². The average molecular weight is 254 g/mol. The van der Waals surface area contributed by atoms with Crippen molar-refractivity contribution in [2.75, 3.05) is 0 Å². The fourth-order valence-corrected chi connectivity index (χ4v) is 1.28. The minimum absolute atomic E-state index is 0. The second kappa shape index (κ2) is 5.06. The third kappa shape index (κ3) is 3.12. The summed E-state index contributed by atoms with van der Waals surface area (Å²) in [5.41, 5.74) is 4.97. The molecule has 0 saturated heterocycles. The van der Waals surface area contributed by atoms with Crippen LogP contribution in [0.1, 0.15) is 32.4 Å². The van der Waals surface area contributed by atoms with Crippen LogP contribution in [0.3, 0.4) is 0 Å². The Morgan fingerprint density at radius 1 is 1.06 bits per heavy atom. The number of nitrogens with two attached hydrogens (primary N) is 1. The minimum Gasteiger partial charge on any atom is -0.323 e. The van der Waals surface area contributed by atoms with Crippen LogP contribution >= 0.6 is 12.4 Å². The molecule has 16 heavy (non-hydrogen) atoms. The number of halogens is 4. The summed E-state index contributed by atoms with van der Waals surface area (Å²) in [5, 5.41) is 0. The zero-order valence-electron chi connectivity index (χ0n) is 9.35. The second-order valence-electron chi connectivity index (χ2n) is 4.63. The zero-order valence-corrected chi connectivity index (χ0v) is 10.2. The summed E-state index contributed by atoms with van der Waals surface area (Å²) in [6.07, 6.45) is 0. The van der Waals surface area contributed by atoms with Gasteiger partial charge in [-0.3, -0.25) is 0 Å². The third-order valence-electron chi connectivity index (χ3n) is 2.29. The van der Waals surface area contributed by atoms with Gasteiger partial charge >= 0.3 is 0 Å². The average Bonchev–Trinajstić information content (AvgIpc) is 1.99. The first-order chi connectivity index (χ1) is 6.73. The van der Waals surface area contributed by atoms with E-state index in [1.54, 1.807) is 20.8 Å². The second-order valence-corrected chi connectivity index (χ2v) is 4.63. The Morgan fingerprint density at radius 3 is 1.75 bits per heavy atom. The summed E-state index contributed by atoms with van der Waals surface area (Å²) in [4.78, 5) is 0. The molecule has 1 nitrogen and oxygen atoms in total. The molecule has 1 aromatic rings. The van der Waals surface area contributed by atoms with E-state index in [1.165, 1.54) is 0 Å². The lowest BCUT2D eigenvalue weighted by atomic mass is 9.82. The maximum absolute atomic E-state index is 13.3. The molecule has 0 amide bonds. The molecular formula is C11H15ClF3N. The van der Waals surface area contributed by atoms with Crippen molar-refractivity contribution in [3.05, 3.63) is 35.1 Å². The molecule has 0 aliphatic rings. The number of benzene rings is 1. The summed E-state index contributed by atoms with van der Waals surface area (Å²) in [5.74, 6) is -2.81. The molecule has 0 aromatic heterocycles. The van der Waals surface area contributed by atoms with Gasteiger partial charge in [0.05, 0.1) is 0 Å². The quantitative estimate of drug-likeness (QED) is 0.814. The van der Waals surface area contributed by atoms with E-state index < -0.39 is 28.9 Å². The lowest BCUT2D eigenvalue weighted by Crippen LogP contribution is -2.28. The van der Waals surface area contributed by atoms with Crippen molar-refractivity contribution in [3.8, 4) is 0 Å². The smallest absolute Gasteiger partial charge is 0.133 e. The number of rotatable bonds is 1. The first-order valence-corrected chi connectivity index (χ1v) is 4.63. The lowest BCUT2D eigenvalue weighted by Gasteiger charge is -2.27. The van der Waals surface area contributed by atoms with E-state index in [4.69, 9.17) is 5.73 Å². The van der Waals surface area contributed by atoms with Gasteiger partial charge in [-0.25, -0.2) is 13.2 Å². The fraction of sp³-hybridized carbons (Fsp3) is 0.455. The predicted octanol–water partition coefficient (Wildman–Crippen LogP) is 3.57. The molecule has 0 radical (unpaired) electrons.